The molecule has 2 aromatic rings. The van der Waals surface area contributed by atoms with Gasteiger partial charge in [-0.2, -0.15) is 0 Å². The van der Waals surface area contributed by atoms with Gasteiger partial charge in [0, 0.05) is 31.9 Å². The zero-order valence-corrected chi connectivity index (χ0v) is 11.5. The Morgan fingerprint density at radius 1 is 0.950 bits per heavy atom. The SMILES string of the molecule is OCc1cccc(-c2cccc(N3CCNCC3)c2)c1. The van der Waals surface area contributed by atoms with Crippen molar-refractivity contribution in [2.24, 2.45) is 0 Å². The minimum absolute atomic E-state index is 0.0886. The molecule has 0 radical (unpaired) electrons. The Morgan fingerprint density at radius 2 is 1.65 bits per heavy atom. The molecular weight excluding hydrogens is 248 g/mol. The third kappa shape index (κ3) is 2.84. The average molecular weight is 268 g/mol. The van der Waals surface area contributed by atoms with E-state index in [1.165, 1.54) is 11.3 Å². The number of aliphatic hydroxyl groups excluding tert-OH is 1. The molecule has 3 nitrogen and oxygen atoms in total. The fraction of sp³-hybridized carbons (Fsp3) is 0.294. The molecule has 1 saturated heterocycles. The highest BCUT2D eigenvalue weighted by Crippen LogP contribution is 2.25. The Morgan fingerprint density at radius 3 is 2.40 bits per heavy atom. The van der Waals surface area contributed by atoms with E-state index in [1.54, 1.807) is 0 Å². The zero-order valence-electron chi connectivity index (χ0n) is 11.5. The van der Waals surface area contributed by atoms with Crippen molar-refractivity contribution < 1.29 is 5.11 Å². The summed E-state index contributed by atoms with van der Waals surface area (Å²) in [7, 11) is 0. The standard InChI is InChI=1S/C17H20N2O/c20-13-14-3-1-4-15(11-14)16-5-2-6-17(12-16)19-9-7-18-8-10-19/h1-6,11-12,18,20H,7-10,13H2. The summed E-state index contributed by atoms with van der Waals surface area (Å²) in [6, 6.07) is 16.7. The van der Waals surface area contributed by atoms with Crippen molar-refractivity contribution in [3.8, 4) is 11.1 Å². The number of nitrogens with zero attached hydrogens (tertiary/aromatic N) is 1. The van der Waals surface area contributed by atoms with Crippen LogP contribution in [0.25, 0.3) is 11.1 Å². The van der Waals surface area contributed by atoms with Crippen LogP contribution in [0.3, 0.4) is 0 Å². The number of anilines is 1. The predicted molar refractivity (Wildman–Crippen MR) is 82.9 cm³/mol. The highest BCUT2D eigenvalue weighted by molar-refractivity contribution is 5.69. The van der Waals surface area contributed by atoms with Crippen molar-refractivity contribution in [2.75, 3.05) is 31.1 Å². The second kappa shape index (κ2) is 6.07. The summed E-state index contributed by atoms with van der Waals surface area (Å²) in [6.07, 6.45) is 0. The molecule has 0 atom stereocenters. The Labute approximate surface area is 119 Å². The lowest BCUT2D eigenvalue weighted by molar-refractivity contribution is 0.282. The summed E-state index contributed by atoms with van der Waals surface area (Å²) in [6.45, 7) is 4.29. The fourth-order valence-corrected chi connectivity index (χ4v) is 2.65. The van der Waals surface area contributed by atoms with Crippen LogP contribution in [0.5, 0.6) is 0 Å². The molecule has 0 saturated carbocycles. The van der Waals surface area contributed by atoms with Crippen molar-refractivity contribution in [1.82, 2.24) is 5.32 Å². The van der Waals surface area contributed by atoms with Crippen LogP contribution in [0.15, 0.2) is 48.5 Å². The second-order valence-corrected chi connectivity index (χ2v) is 5.15. The number of aliphatic hydroxyl groups is 1. The van der Waals surface area contributed by atoms with Crippen molar-refractivity contribution in [3.05, 3.63) is 54.1 Å². The first-order valence-electron chi connectivity index (χ1n) is 7.13. The molecule has 20 heavy (non-hydrogen) atoms. The molecule has 0 unspecified atom stereocenters. The topological polar surface area (TPSA) is 35.5 Å². The van der Waals surface area contributed by atoms with Gasteiger partial charge in [0.25, 0.3) is 0 Å². The van der Waals surface area contributed by atoms with Crippen LogP contribution in [-0.4, -0.2) is 31.3 Å². The maximum absolute atomic E-state index is 9.25. The second-order valence-electron chi connectivity index (χ2n) is 5.15. The fourth-order valence-electron chi connectivity index (χ4n) is 2.65. The van der Waals surface area contributed by atoms with Crippen LogP contribution in [-0.2, 0) is 6.61 Å². The van der Waals surface area contributed by atoms with E-state index >= 15 is 0 Å². The Balaban J connectivity index is 1.89. The largest absolute Gasteiger partial charge is 0.392 e. The summed E-state index contributed by atoms with van der Waals surface area (Å²) < 4.78 is 0. The maximum atomic E-state index is 9.25. The quantitative estimate of drug-likeness (QED) is 0.896. The molecule has 3 heteroatoms. The van der Waals surface area contributed by atoms with E-state index in [0.717, 1.165) is 37.3 Å². The van der Waals surface area contributed by atoms with Gasteiger partial charge in [-0.25, -0.2) is 0 Å². The molecule has 1 aliphatic rings. The highest BCUT2D eigenvalue weighted by Gasteiger charge is 2.10. The molecule has 3 rings (SSSR count). The Bertz CT molecular complexity index is 577. The minimum Gasteiger partial charge on any atom is -0.392 e. The van der Waals surface area contributed by atoms with E-state index in [4.69, 9.17) is 0 Å². The van der Waals surface area contributed by atoms with Gasteiger partial charge in [-0.05, 0) is 34.9 Å². The van der Waals surface area contributed by atoms with Crippen LogP contribution in [0, 0.1) is 0 Å². The minimum atomic E-state index is 0.0886. The summed E-state index contributed by atoms with van der Waals surface area (Å²) >= 11 is 0. The lowest BCUT2D eigenvalue weighted by Gasteiger charge is -2.29. The molecule has 2 aromatic carbocycles. The number of nitrogens with one attached hydrogen (secondary N) is 1. The van der Waals surface area contributed by atoms with Crippen molar-refractivity contribution >= 4 is 5.69 Å². The average Bonchev–Trinajstić information content (AvgIpc) is 2.56. The predicted octanol–water partition coefficient (Wildman–Crippen LogP) is 2.26. The molecule has 0 aliphatic carbocycles. The summed E-state index contributed by atoms with van der Waals surface area (Å²) in [5.74, 6) is 0. The van der Waals surface area contributed by atoms with E-state index in [0.29, 0.717) is 0 Å². The lowest BCUT2D eigenvalue weighted by Crippen LogP contribution is -2.43. The molecule has 104 valence electrons. The molecule has 1 aliphatic heterocycles. The van der Waals surface area contributed by atoms with E-state index in [2.05, 4.69) is 46.6 Å². The molecule has 0 spiro atoms. The molecule has 2 N–H and O–H groups in total. The van der Waals surface area contributed by atoms with Gasteiger partial charge in [-0.1, -0.05) is 30.3 Å². The first-order chi connectivity index (χ1) is 9.86. The normalized spacial score (nSPS) is 15.3. The van der Waals surface area contributed by atoms with E-state index in [9.17, 15) is 5.11 Å². The first-order valence-corrected chi connectivity index (χ1v) is 7.13. The summed E-state index contributed by atoms with van der Waals surface area (Å²) in [5, 5.41) is 12.6. The zero-order chi connectivity index (χ0) is 13.8. The van der Waals surface area contributed by atoms with Gasteiger partial charge in [-0.3, -0.25) is 0 Å². The highest BCUT2D eigenvalue weighted by atomic mass is 16.3. The number of piperazine rings is 1. The monoisotopic (exact) mass is 268 g/mol. The van der Waals surface area contributed by atoms with Crippen LogP contribution < -0.4 is 10.2 Å². The first kappa shape index (κ1) is 13.2. The summed E-state index contributed by atoms with van der Waals surface area (Å²) in [5.41, 5.74) is 4.60. The Kier molecular flexibility index (Phi) is 4.00. The number of rotatable bonds is 3. The van der Waals surface area contributed by atoms with Crippen molar-refractivity contribution in [2.45, 2.75) is 6.61 Å². The van der Waals surface area contributed by atoms with Gasteiger partial charge < -0.3 is 15.3 Å². The number of benzene rings is 2. The van der Waals surface area contributed by atoms with Crippen LogP contribution in [0.1, 0.15) is 5.56 Å². The smallest absolute Gasteiger partial charge is 0.0682 e. The van der Waals surface area contributed by atoms with Gasteiger partial charge in [0.2, 0.25) is 0 Å². The third-order valence-electron chi connectivity index (χ3n) is 3.77. The molecule has 1 heterocycles. The van der Waals surface area contributed by atoms with Crippen molar-refractivity contribution in [3.63, 3.8) is 0 Å². The van der Waals surface area contributed by atoms with E-state index < -0.39 is 0 Å². The van der Waals surface area contributed by atoms with Crippen molar-refractivity contribution in [1.29, 1.82) is 0 Å². The van der Waals surface area contributed by atoms with E-state index in [1.807, 2.05) is 12.1 Å². The lowest BCUT2D eigenvalue weighted by atomic mass is 10.0. The van der Waals surface area contributed by atoms with Gasteiger partial charge in [0.15, 0.2) is 0 Å². The van der Waals surface area contributed by atoms with Crippen LogP contribution in [0.2, 0.25) is 0 Å². The summed E-state index contributed by atoms with van der Waals surface area (Å²) in [4.78, 5) is 2.41. The molecule has 1 fully saturated rings. The van der Waals surface area contributed by atoms with Gasteiger partial charge in [-0.15, -0.1) is 0 Å². The molecule has 0 bridgehead atoms. The molecule has 0 amide bonds. The number of hydrogen-bond acceptors (Lipinski definition) is 3. The van der Waals surface area contributed by atoms with Gasteiger partial charge in [0.05, 0.1) is 6.61 Å². The van der Waals surface area contributed by atoms with E-state index in [-0.39, 0.29) is 6.61 Å². The maximum Gasteiger partial charge on any atom is 0.0682 e. The van der Waals surface area contributed by atoms with Gasteiger partial charge in [0.1, 0.15) is 0 Å². The molecule has 0 aromatic heterocycles. The van der Waals surface area contributed by atoms with Gasteiger partial charge >= 0.3 is 0 Å². The molecular formula is C17H20N2O. The Hall–Kier alpha value is -1.84. The van der Waals surface area contributed by atoms with Crippen LogP contribution in [0.4, 0.5) is 5.69 Å². The van der Waals surface area contributed by atoms with Crippen LogP contribution >= 0.6 is 0 Å². The number of hydrogen-bond donors (Lipinski definition) is 2. The third-order valence-corrected chi connectivity index (χ3v) is 3.77.